The normalized spacial score (nSPS) is 12.7. The summed E-state index contributed by atoms with van der Waals surface area (Å²) in [6.45, 7) is 0. The molecule has 0 aliphatic rings. The molecule has 0 saturated carbocycles. The van der Waals surface area contributed by atoms with E-state index in [1.807, 2.05) is 0 Å². The van der Waals surface area contributed by atoms with Gasteiger partial charge in [0.2, 0.25) is 0 Å². The lowest BCUT2D eigenvalue weighted by Crippen LogP contribution is -2.04. The minimum atomic E-state index is -4.34. The van der Waals surface area contributed by atoms with E-state index in [4.69, 9.17) is 5.21 Å². The van der Waals surface area contributed by atoms with Gasteiger partial charge in [0, 0.05) is 0 Å². The molecule has 0 unspecified atom stereocenters. The zero-order valence-corrected chi connectivity index (χ0v) is 7.57. The van der Waals surface area contributed by atoms with Crippen molar-refractivity contribution in [2.24, 2.45) is 5.16 Å². The molecular formula is C10H8F3NO. The molecule has 5 heteroatoms. The number of halogens is 3. The van der Waals surface area contributed by atoms with Gasteiger partial charge in [-0.3, -0.25) is 0 Å². The fraction of sp³-hybridized carbons (Fsp3) is 0.100. The van der Waals surface area contributed by atoms with E-state index in [0.717, 1.165) is 18.3 Å². The van der Waals surface area contributed by atoms with Gasteiger partial charge >= 0.3 is 6.18 Å². The highest BCUT2D eigenvalue weighted by atomic mass is 19.4. The lowest BCUT2D eigenvalue weighted by Gasteiger charge is -2.06. The molecule has 1 aromatic rings. The molecule has 0 fully saturated rings. The van der Waals surface area contributed by atoms with Crippen LogP contribution in [0.25, 0.3) is 6.08 Å². The maximum atomic E-state index is 12.3. The van der Waals surface area contributed by atoms with Gasteiger partial charge in [0.15, 0.2) is 0 Å². The van der Waals surface area contributed by atoms with Gasteiger partial charge in [0.1, 0.15) is 0 Å². The summed E-state index contributed by atoms with van der Waals surface area (Å²) < 4.78 is 36.8. The first-order valence-electron chi connectivity index (χ1n) is 4.05. The summed E-state index contributed by atoms with van der Waals surface area (Å²) in [5.41, 5.74) is -0.310. The van der Waals surface area contributed by atoms with E-state index in [9.17, 15) is 13.2 Å². The van der Waals surface area contributed by atoms with Gasteiger partial charge in [-0.1, -0.05) is 23.4 Å². The number of rotatable bonds is 2. The summed E-state index contributed by atoms with van der Waals surface area (Å²) in [4.78, 5) is 0. The number of hydrogen-bond donors (Lipinski definition) is 1. The lowest BCUT2D eigenvalue weighted by molar-refractivity contribution is -0.137. The fourth-order valence-corrected chi connectivity index (χ4v) is 1.01. The number of benzene rings is 1. The van der Waals surface area contributed by atoms with Crippen molar-refractivity contribution in [2.75, 3.05) is 0 Å². The average Bonchev–Trinajstić information content (AvgIpc) is 2.17. The second-order valence-electron chi connectivity index (χ2n) is 2.75. The van der Waals surface area contributed by atoms with E-state index in [1.54, 1.807) is 0 Å². The Balaban J connectivity index is 2.93. The molecule has 0 heterocycles. The Kier molecular flexibility index (Phi) is 3.49. The summed E-state index contributed by atoms with van der Waals surface area (Å²) in [7, 11) is 0. The van der Waals surface area contributed by atoms with Crippen LogP contribution in [-0.2, 0) is 6.18 Å². The van der Waals surface area contributed by atoms with Gasteiger partial charge in [-0.2, -0.15) is 13.2 Å². The van der Waals surface area contributed by atoms with Crippen molar-refractivity contribution in [1.82, 2.24) is 0 Å². The van der Waals surface area contributed by atoms with E-state index in [0.29, 0.717) is 5.56 Å². The molecule has 0 aromatic heterocycles. The molecule has 1 aromatic carbocycles. The van der Waals surface area contributed by atoms with E-state index in [1.165, 1.54) is 24.3 Å². The Hall–Kier alpha value is -1.78. The van der Waals surface area contributed by atoms with Crippen LogP contribution in [0, 0.1) is 0 Å². The third-order valence-corrected chi connectivity index (χ3v) is 1.66. The Labute approximate surface area is 84.3 Å². The van der Waals surface area contributed by atoms with Crippen molar-refractivity contribution < 1.29 is 18.4 Å². The summed E-state index contributed by atoms with van der Waals surface area (Å²) in [5.74, 6) is 0. The van der Waals surface area contributed by atoms with Crippen molar-refractivity contribution in [2.45, 2.75) is 6.18 Å². The van der Waals surface area contributed by atoms with Gasteiger partial charge < -0.3 is 5.21 Å². The second kappa shape index (κ2) is 4.63. The van der Waals surface area contributed by atoms with E-state index in [2.05, 4.69) is 5.16 Å². The summed E-state index contributed by atoms with van der Waals surface area (Å²) in [6.07, 6.45) is -0.514. The Morgan fingerprint density at radius 1 is 1.27 bits per heavy atom. The SMILES string of the molecule is O/N=C/C=C/c1cccc(C(F)(F)F)c1. The smallest absolute Gasteiger partial charge is 0.411 e. The zero-order valence-electron chi connectivity index (χ0n) is 7.57. The number of hydrogen-bond acceptors (Lipinski definition) is 2. The van der Waals surface area contributed by atoms with E-state index >= 15 is 0 Å². The molecule has 1 rings (SSSR count). The van der Waals surface area contributed by atoms with Crippen LogP contribution in [-0.4, -0.2) is 11.4 Å². The van der Waals surface area contributed by atoms with Crippen molar-refractivity contribution in [1.29, 1.82) is 0 Å². The molecule has 0 radical (unpaired) electrons. The highest BCUT2D eigenvalue weighted by molar-refractivity contribution is 5.77. The summed E-state index contributed by atoms with van der Waals surface area (Å²) >= 11 is 0. The van der Waals surface area contributed by atoms with Crippen molar-refractivity contribution >= 4 is 12.3 Å². The first-order chi connectivity index (χ1) is 7.04. The van der Waals surface area contributed by atoms with Crippen molar-refractivity contribution in [3.8, 4) is 0 Å². The number of alkyl halides is 3. The van der Waals surface area contributed by atoms with Crippen molar-refractivity contribution in [3.05, 3.63) is 41.5 Å². The Morgan fingerprint density at radius 2 is 2.00 bits per heavy atom. The fourth-order valence-electron chi connectivity index (χ4n) is 1.01. The largest absolute Gasteiger partial charge is 0.416 e. The van der Waals surface area contributed by atoms with Gasteiger partial charge in [-0.05, 0) is 23.8 Å². The zero-order chi connectivity index (χ0) is 11.3. The van der Waals surface area contributed by atoms with Crippen LogP contribution >= 0.6 is 0 Å². The van der Waals surface area contributed by atoms with Crippen LogP contribution in [0.15, 0.2) is 35.5 Å². The molecule has 1 N–H and O–H groups in total. The molecule has 0 aliphatic carbocycles. The summed E-state index contributed by atoms with van der Waals surface area (Å²) in [5, 5.41) is 10.8. The number of oxime groups is 1. The van der Waals surface area contributed by atoms with Gasteiger partial charge in [-0.15, -0.1) is 0 Å². The molecule has 80 valence electrons. The van der Waals surface area contributed by atoms with Crippen LogP contribution in [0.2, 0.25) is 0 Å². The topological polar surface area (TPSA) is 32.6 Å². The molecule has 0 aliphatic heterocycles. The summed E-state index contributed by atoms with van der Waals surface area (Å²) in [6, 6.07) is 4.86. The van der Waals surface area contributed by atoms with Gasteiger partial charge in [0.25, 0.3) is 0 Å². The maximum Gasteiger partial charge on any atom is 0.416 e. The number of nitrogens with zero attached hydrogens (tertiary/aromatic N) is 1. The van der Waals surface area contributed by atoms with E-state index < -0.39 is 11.7 Å². The van der Waals surface area contributed by atoms with Crippen LogP contribution in [0.5, 0.6) is 0 Å². The Bertz CT molecular complexity index is 382. The van der Waals surface area contributed by atoms with Crippen LogP contribution < -0.4 is 0 Å². The van der Waals surface area contributed by atoms with Crippen LogP contribution in [0.4, 0.5) is 13.2 Å². The first kappa shape index (κ1) is 11.3. The molecule has 0 saturated heterocycles. The molecule has 0 spiro atoms. The molecule has 0 atom stereocenters. The maximum absolute atomic E-state index is 12.3. The quantitative estimate of drug-likeness (QED) is 0.458. The highest BCUT2D eigenvalue weighted by Crippen LogP contribution is 2.29. The number of allylic oxidation sites excluding steroid dienone is 1. The third kappa shape index (κ3) is 3.46. The van der Waals surface area contributed by atoms with Crippen molar-refractivity contribution in [3.63, 3.8) is 0 Å². The Morgan fingerprint density at radius 3 is 2.60 bits per heavy atom. The monoisotopic (exact) mass is 215 g/mol. The molecule has 0 amide bonds. The highest BCUT2D eigenvalue weighted by Gasteiger charge is 2.30. The average molecular weight is 215 g/mol. The minimum Gasteiger partial charge on any atom is -0.411 e. The van der Waals surface area contributed by atoms with Gasteiger partial charge in [-0.25, -0.2) is 0 Å². The molecule has 2 nitrogen and oxygen atoms in total. The molecule has 0 bridgehead atoms. The minimum absolute atomic E-state index is 0.393. The predicted molar refractivity (Wildman–Crippen MR) is 50.8 cm³/mol. The third-order valence-electron chi connectivity index (χ3n) is 1.66. The first-order valence-corrected chi connectivity index (χ1v) is 4.05. The van der Waals surface area contributed by atoms with Gasteiger partial charge in [0.05, 0.1) is 11.8 Å². The molecular weight excluding hydrogens is 207 g/mol. The second-order valence-corrected chi connectivity index (χ2v) is 2.75. The van der Waals surface area contributed by atoms with E-state index in [-0.39, 0.29) is 0 Å². The lowest BCUT2D eigenvalue weighted by atomic mass is 10.1. The van der Waals surface area contributed by atoms with Crippen LogP contribution in [0.3, 0.4) is 0 Å². The standard InChI is InChI=1S/C10H8F3NO/c11-10(12,13)9-5-1-3-8(7-9)4-2-6-14-15/h1-7,15H/b4-2+,14-6+. The predicted octanol–water partition coefficient (Wildman–Crippen LogP) is 3.18. The van der Waals surface area contributed by atoms with Crippen LogP contribution in [0.1, 0.15) is 11.1 Å². The molecule has 15 heavy (non-hydrogen) atoms.